The van der Waals surface area contributed by atoms with Crippen molar-refractivity contribution >= 4 is 11.9 Å². The molecule has 3 nitrogen and oxygen atoms in total. The summed E-state index contributed by atoms with van der Waals surface area (Å²) in [6.45, 7) is 1.92. The van der Waals surface area contributed by atoms with Gasteiger partial charge in [-0.3, -0.25) is 9.59 Å². The Kier molecular flexibility index (Phi) is 3.07. The van der Waals surface area contributed by atoms with E-state index in [0.717, 1.165) is 6.42 Å². The predicted molar refractivity (Wildman–Crippen MR) is 46.4 cm³/mol. The zero-order chi connectivity index (χ0) is 9.84. The zero-order valence-electron chi connectivity index (χ0n) is 7.58. The number of cyclic esters (lactones) is 2. The van der Waals surface area contributed by atoms with Crippen LogP contribution >= 0.6 is 0 Å². The molecule has 0 aromatic rings. The fourth-order valence-corrected chi connectivity index (χ4v) is 1.44. The van der Waals surface area contributed by atoms with Crippen LogP contribution in [0.2, 0.25) is 0 Å². The normalized spacial score (nSPS) is 23.8. The summed E-state index contributed by atoms with van der Waals surface area (Å²) >= 11 is 0. The van der Waals surface area contributed by atoms with E-state index in [1.54, 1.807) is 0 Å². The number of hydrogen-bond donors (Lipinski definition) is 0. The van der Waals surface area contributed by atoms with Gasteiger partial charge in [0, 0.05) is 6.42 Å². The van der Waals surface area contributed by atoms with E-state index in [1.807, 2.05) is 6.92 Å². The molecule has 2 unspecified atom stereocenters. The summed E-state index contributed by atoms with van der Waals surface area (Å²) in [5.74, 6) is 1.56. The molecule has 2 atom stereocenters. The summed E-state index contributed by atoms with van der Waals surface area (Å²) in [6.07, 6.45) is 6.72. The molecule has 1 heterocycles. The monoisotopic (exact) mass is 180 g/mol. The Morgan fingerprint density at radius 2 is 2.38 bits per heavy atom. The Morgan fingerprint density at radius 3 is 2.85 bits per heavy atom. The van der Waals surface area contributed by atoms with Crippen molar-refractivity contribution in [1.29, 1.82) is 0 Å². The molecule has 0 aliphatic carbocycles. The lowest BCUT2D eigenvalue weighted by molar-refractivity contribution is -0.153. The summed E-state index contributed by atoms with van der Waals surface area (Å²) in [5.41, 5.74) is 0. The van der Waals surface area contributed by atoms with E-state index in [1.165, 1.54) is 0 Å². The van der Waals surface area contributed by atoms with E-state index in [2.05, 4.69) is 10.7 Å². The van der Waals surface area contributed by atoms with Gasteiger partial charge < -0.3 is 4.74 Å². The highest BCUT2D eigenvalue weighted by Gasteiger charge is 2.36. The van der Waals surface area contributed by atoms with Crippen molar-refractivity contribution in [2.45, 2.75) is 26.2 Å². The van der Waals surface area contributed by atoms with Crippen LogP contribution in [0, 0.1) is 24.2 Å². The number of carbonyl (C=O) groups is 2. The maximum Gasteiger partial charge on any atom is 0.317 e. The lowest BCUT2D eigenvalue weighted by Crippen LogP contribution is -2.16. The zero-order valence-corrected chi connectivity index (χ0v) is 7.58. The summed E-state index contributed by atoms with van der Waals surface area (Å²) in [5, 5.41) is 0. The molecule has 0 aromatic heterocycles. The van der Waals surface area contributed by atoms with Crippen molar-refractivity contribution in [2.75, 3.05) is 0 Å². The van der Waals surface area contributed by atoms with Crippen molar-refractivity contribution in [3.05, 3.63) is 0 Å². The fraction of sp³-hybridized carbons (Fsp3) is 0.600. The summed E-state index contributed by atoms with van der Waals surface area (Å²) < 4.78 is 4.45. The van der Waals surface area contributed by atoms with E-state index in [4.69, 9.17) is 6.42 Å². The number of esters is 2. The van der Waals surface area contributed by atoms with Crippen molar-refractivity contribution in [1.82, 2.24) is 0 Å². The van der Waals surface area contributed by atoms with Crippen molar-refractivity contribution in [3.8, 4) is 12.3 Å². The second kappa shape index (κ2) is 4.08. The highest BCUT2D eigenvalue weighted by Crippen LogP contribution is 2.27. The molecular weight excluding hydrogens is 168 g/mol. The van der Waals surface area contributed by atoms with Gasteiger partial charge in [-0.15, -0.1) is 12.3 Å². The highest BCUT2D eigenvalue weighted by atomic mass is 16.6. The SMILES string of the molecule is C#CCCC(C)C1CC(=O)OC1=O. The standard InChI is InChI=1S/C10H12O3/c1-3-4-5-7(2)8-6-9(11)13-10(8)12/h1,7-8H,4-6H2,2H3. The van der Waals surface area contributed by atoms with E-state index in [-0.39, 0.29) is 18.3 Å². The Labute approximate surface area is 77.5 Å². The van der Waals surface area contributed by atoms with Gasteiger partial charge in [0.15, 0.2) is 0 Å². The number of rotatable bonds is 3. The van der Waals surface area contributed by atoms with Gasteiger partial charge in [-0.1, -0.05) is 6.92 Å². The Morgan fingerprint density at radius 1 is 1.69 bits per heavy atom. The lowest BCUT2D eigenvalue weighted by atomic mass is 9.89. The molecule has 0 aromatic carbocycles. The second-order valence-corrected chi connectivity index (χ2v) is 3.32. The number of ether oxygens (including phenoxy) is 1. The summed E-state index contributed by atoms with van der Waals surface area (Å²) in [7, 11) is 0. The third-order valence-corrected chi connectivity index (χ3v) is 2.33. The molecule has 1 aliphatic rings. The molecule has 1 fully saturated rings. The molecule has 0 spiro atoms. The van der Waals surface area contributed by atoms with Gasteiger partial charge in [0.2, 0.25) is 0 Å². The molecule has 1 rings (SSSR count). The van der Waals surface area contributed by atoms with Crippen LogP contribution in [-0.4, -0.2) is 11.9 Å². The van der Waals surface area contributed by atoms with Crippen molar-refractivity contribution in [2.24, 2.45) is 11.8 Å². The van der Waals surface area contributed by atoms with Gasteiger partial charge in [-0.05, 0) is 12.3 Å². The second-order valence-electron chi connectivity index (χ2n) is 3.32. The Balaban J connectivity index is 2.48. The molecule has 1 saturated heterocycles. The first-order valence-electron chi connectivity index (χ1n) is 4.33. The van der Waals surface area contributed by atoms with Gasteiger partial charge in [0.1, 0.15) is 0 Å². The third kappa shape index (κ3) is 2.32. The van der Waals surface area contributed by atoms with Gasteiger partial charge >= 0.3 is 11.9 Å². The number of carbonyl (C=O) groups excluding carboxylic acids is 2. The summed E-state index contributed by atoms with van der Waals surface area (Å²) in [4.78, 5) is 21.9. The van der Waals surface area contributed by atoms with E-state index in [0.29, 0.717) is 6.42 Å². The summed E-state index contributed by atoms with van der Waals surface area (Å²) in [6, 6.07) is 0. The fourth-order valence-electron chi connectivity index (χ4n) is 1.44. The quantitative estimate of drug-likeness (QED) is 0.371. The number of hydrogen-bond acceptors (Lipinski definition) is 3. The Bertz CT molecular complexity index is 262. The average molecular weight is 180 g/mol. The van der Waals surface area contributed by atoms with Gasteiger partial charge in [0.25, 0.3) is 0 Å². The highest BCUT2D eigenvalue weighted by molar-refractivity contribution is 5.94. The number of terminal acetylenes is 1. The molecule has 1 aliphatic heterocycles. The van der Waals surface area contributed by atoms with Crippen LogP contribution in [0.3, 0.4) is 0 Å². The van der Waals surface area contributed by atoms with Crippen LogP contribution < -0.4 is 0 Å². The molecule has 0 bridgehead atoms. The minimum atomic E-state index is -0.414. The third-order valence-electron chi connectivity index (χ3n) is 2.33. The molecule has 70 valence electrons. The van der Waals surface area contributed by atoms with Gasteiger partial charge in [-0.25, -0.2) is 0 Å². The Hall–Kier alpha value is -1.30. The molecule has 0 N–H and O–H groups in total. The van der Waals surface area contributed by atoms with Crippen LogP contribution in [0.1, 0.15) is 26.2 Å². The van der Waals surface area contributed by atoms with Crippen molar-refractivity contribution in [3.63, 3.8) is 0 Å². The predicted octanol–water partition coefficient (Wildman–Crippen LogP) is 1.13. The first-order valence-corrected chi connectivity index (χ1v) is 4.33. The molecule has 0 amide bonds. The van der Waals surface area contributed by atoms with E-state index >= 15 is 0 Å². The maximum absolute atomic E-state index is 11.1. The molecule has 0 saturated carbocycles. The smallest absolute Gasteiger partial charge is 0.317 e. The topological polar surface area (TPSA) is 43.4 Å². The average Bonchev–Trinajstić information content (AvgIpc) is 2.41. The largest absolute Gasteiger partial charge is 0.393 e. The molecule has 3 heteroatoms. The van der Waals surface area contributed by atoms with Crippen molar-refractivity contribution < 1.29 is 14.3 Å². The van der Waals surface area contributed by atoms with Crippen LogP contribution in [0.15, 0.2) is 0 Å². The lowest BCUT2D eigenvalue weighted by Gasteiger charge is -2.12. The van der Waals surface area contributed by atoms with E-state index < -0.39 is 11.9 Å². The van der Waals surface area contributed by atoms with Crippen LogP contribution in [0.4, 0.5) is 0 Å². The van der Waals surface area contributed by atoms with Crippen LogP contribution in [0.5, 0.6) is 0 Å². The molecule has 13 heavy (non-hydrogen) atoms. The molecular formula is C10H12O3. The van der Waals surface area contributed by atoms with Gasteiger partial charge in [0.05, 0.1) is 12.3 Å². The minimum absolute atomic E-state index is 0.134. The first-order chi connectivity index (χ1) is 6.15. The van der Waals surface area contributed by atoms with Crippen LogP contribution in [-0.2, 0) is 14.3 Å². The first kappa shape index (κ1) is 9.79. The van der Waals surface area contributed by atoms with Gasteiger partial charge in [-0.2, -0.15) is 0 Å². The minimum Gasteiger partial charge on any atom is -0.393 e. The maximum atomic E-state index is 11.1. The van der Waals surface area contributed by atoms with E-state index in [9.17, 15) is 9.59 Å². The molecule has 0 radical (unpaired) electrons. The van der Waals surface area contributed by atoms with Crippen LogP contribution in [0.25, 0.3) is 0 Å².